The third-order valence-electron chi connectivity index (χ3n) is 9.80. The largest absolute Gasteiger partial charge is 0.467 e. The maximum absolute atomic E-state index is 13.4. The molecule has 8 rings (SSSR count). The van der Waals surface area contributed by atoms with Crippen molar-refractivity contribution in [1.82, 2.24) is 39.9 Å². The summed E-state index contributed by atoms with van der Waals surface area (Å²) in [6.07, 6.45) is -6.48. The number of hydrogen-bond donors (Lipinski definition) is 2. The van der Waals surface area contributed by atoms with Crippen LogP contribution < -0.4 is 40.8 Å². The van der Waals surface area contributed by atoms with Gasteiger partial charge < -0.3 is 24.0 Å². The van der Waals surface area contributed by atoms with Crippen LogP contribution in [0.3, 0.4) is 0 Å². The van der Waals surface area contributed by atoms with E-state index in [1.807, 2.05) is 0 Å². The Hall–Kier alpha value is -6.82. The number of benzene rings is 2. The number of nitrogens with zero attached hydrogens (tertiary/aromatic N) is 8. The number of methoxy groups -OCH3 is 1. The molecule has 26 heteroatoms. The number of ether oxygens (including phenoxy) is 3. The van der Waals surface area contributed by atoms with E-state index in [1.54, 1.807) is 9.80 Å². The summed E-state index contributed by atoms with van der Waals surface area (Å²) in [5, 5.41) is 11.8. The van der Waals surface area contributed by atoms with Crippen molar-refractivity contribution in [3.63, 3.8) is 0 Å². The first-order chi connectivity index (χ1) is 30.2. The normalized spacial score (nSPS) is 13.7. The Morgan fingerprint density at radius 3 is 1.67 bits per heavy atom. The van der Waals surface area contributed by atoms with Crippen LogP contribution in [0, 0.1) is 11.6 Å². The molecule has 6 aromatic rings. The van der Waals surface area contributed by atoms with Gasteiger partial charge in [0, 0.05) is 31.3 Å². The van der Waals surface area contributed by atoms with Crippen LogP contribution in [0.15, 0.2) is 63.2 Å². The van der Waals surface area contributed by atoms with Crippen molar-refractivity contribution in [3.8, 4) is 29.3 Å². The van der Waals surface area contributed by atoms with Gasteiger partial charge in [-0.25, -0.2) is 23.8 Å². The lowest BCUT2D eigenvalue weighted by molar-refractivity contribution is -0.139. The number of rotatable bonds is 7. The molecular weight excluding hydrogens is 915 g/mol. The zero-order chi connectivity index (χ0) is 46.2. The van der Waals surface area contributed by atoms with Gasteiger partial charge in [-0.15, -0.1) is 0 Å². The fourth-order valence-corrected chi connectivity index (χ4v) is 7.12. The predicted molar refractivity (Wildman–Crippen MR) is 210 cm³/mol. The predicted octanol–water partition coefficient (Wildman–Crippen LogP) is 6.76. The van der Waals surface area contributed by atoms with Crippen LogP contribution in [0.4, 0.5) is 46.5 Å². The zero-order valence-corrected chi connectivity index (χ0v) is 34.2. The summed E-state index contributed by atoms with van der Waals surface area (Å²) in [6.45, 7) is 0.869. The highest BCUT2D eigenvalue weighted by atomic mass is 35.5. The number of aromatic nitrogens is 8. The van der Waals surface area contributed by atoms with E-state index < -0.39 is 63.4 Å². The summed E-state index contributed by atoms with van der Waals surface area (Å²) in [5.41, 5.74) is -2.10. The number of nitrogens with one attached hydrogen (secondary N) is 2. The third kappa shape index (κ3) is 9.41. The van der Waals surface area contributed by atoms with Crippen LogP contribution in [-0.4, -0.2) is 60.1 Å². The number of H-pyrrole nitrogens is 2. The molecule has 2 N–H and O–H groups in total. The van der Waals surface area contributed by atoms with Gasteiger partial charge in [-0.2, -0.15) is 51.5 Å². The van der Waals surface area contributed by atoms with Crippen molar-refractivity contribution in [1.29, 1.82) is 0 Å². The minimum Gasteiger partial charge on any atom is -0.467 e. The van der Waals surface area contributed by atoms with E-state index in [0.717, 1.165) is 24.3 Å². The molecule has 0 fully saturated rings. The highest BCUT2D eigenvalue weighted by Crippen LogP contribution is 2.42. The molecule has 6 heterocycles. The van der Waals surface area contributed by atoms with E-state index in [9.17, 15) is 49.5 Å². The van der Waals surface area contributed by atoms with E-state index >= 15 is 0 Å². The monoisotopic (exact) mass is 942 g/mol. The second-order valence-corrected chi connectivity index (χ2v) is 14.5. The SMILES string of the molecule is COc1nc2c(c(Oc3ccc(F)cc3C(F)(F)F)n1)CCN(c1cn[nH]c(=O)c1Cl)C2.Cn1c2c(c(Oc3ccc(F)cc3C(F)(F)F)nc1=O)CCN(c1cn[nH]c(=O)c1Cl)C2. The highest BCUT2D eigenvalue weighted by Gasteiger charge is 2.37. The molecule has 2 aliphatic heterocycles. The van der Waals surface area contributed by atoms with Gasteiger partial charge in [0.25, 0.3) is 11.1 Å². The molecule has 4 aromatic heterocycles. The zero-order valence-electron chi connectivity index (χ0n) is 32.7. The molecule has 0 amide bonds. The third-order valence-corrected chi connectivity index (χ3v) is 10.5. The number of fused-ring (bicyclic) bond motifs is 2. The molecule has 0 aliphatic carbocycles. The molecule has 2 aromatic carbocycles. The Labute approximate surface area is 363 Å². The topological polar surface area (TPSA) is 186 Å². The minimum absolute atomic E-state index is 0.0536. The van der Waals surface area contributed by atoms with Gasteiger partial charge in [-0.3, -0.25) is 14.2 Å². The van der Waals surface area contributed by atoms with E-state index in [0.29, 0.717) is 59.1 Å². The van der Waals surface area contributed by atoms with Crippen molar-refractivity contribution >= 4 is 34.6 Å². The quantitative estimate of drug-likeness (QED) is 0.160. The standard InChI is InChI=1S/2C19H14ClF4N5O3/c1-31-18-26-12-8-29(13-7-25-28-16(30)15(13)20)5-4-10(12)17(27-18)32-14-3-2-9(21)6-11(14)19(22,23)24;1-28-13-8-29(12-7-25-27-16(30)15(12)20)5-4-10(13)17(26-18(28)31)32-14-3-2-9(21)6-11(14)19(22,23)24/h2-3,6-7H,4-5,8H2,1H3,(H,28,30);2-3,6-7H,4-5,8H2,1H3,(H,27,30). The van der Waals surface area contributed by atoms with Crippen LogP contribution in [0.5, 0.6) is 29.3 Å². The smallest absolute Gasteiger partial charge is 0.420 e. The molecule has 0 saturated heterocycles. The fourth-order valence-electron chi connectivity index (χ4n) is 6.70. The van der Waals surface area contributed by atoms with E-state index in [-0.39, 0.29) is 53.7 Å². The van der Waals surface area contributed by atoms with Crippen LogP contribution in [0.2, 0.25) is 10.0 Å². The van der Waals surface area contributed by atoms with Crippen molar-refractivity contribution in [3.05, 3.63) is 135 Å². The van der Waals surface area contributed by atoms with Gasteiger partial charge in [0.2, 0.25) is 11.8 Å². The Balaban J connectivity index is 0.000000191. The van der Waals surface area contributed by atoms with Crippen LogP contribution in [-0.2, 0) is 45.3 Å². The molecule has 0 bridgehead atoms. The van der Waals surface area contributed by atoms with Gasteiger partial charge in [0.05, 0.1) is 55.4 Å². The van der Waals surface area contributed by atoms with Crippen LogP contribution in [0.1, 0.15) is 33.6 Å². The lowest BCUT2D eigenvalue weighted by atomic mass is 10.1. The summed E-state index contributed by atoms with van der Waals surface area (Å²) in [5.74, 6) is -3.85. The first-order valence-corrected chi connectivity index (χ1v) is 19.1. The first kappa shape index (κ1) is 45.2. The van der Waals surface area contributed by atoms with E-state index in [2.05, 4.69) is 35.3 Å². The fraction of sp³-hybridized carbons (Fsp3) is 0.263. The number of hydrogen-bond acceptors (Lipinski definition) is 13. The molecule has 336 valence electrons. The second kappa shape index (κ2) is 17.7. The number of aromatic amines is 2. The summed E-state index contributed by atoms with van der Waals surface area (Å²) in [6, 6.07) is 3.93. The molecule has 0 saturated carbocycles. The van der Waals surface area contributed by atoms with Gasteiger partial charge in [-0.05, 0) is 49.2 Å². The molecule has 0 unspecified atom stereocenters. The maximum atomic E-state index is 13.4. The van der Waals surface area contributed by atoms with Gasteiger partial charge >= 0.3 is 24.1 Å². The van der Waals surface area contributed by atoms with Crippen molar-refractivity contribution in [2.75, 3.05) is 30.0 Å². The Bertz CT molecular complexity index is 2950. The highest BCUT2D eigenvalue weighted by molar-refractivity contribution is 6.33. The van der Waals surface area contributed by atoms with Crippen molar-refractivity contribution in [2.45, 2.75) is 38.3 Å². The van der Waals surface area contributed by atoms with Crippen LogP contribution in [0.25, 0.3) is 0 Å². The van der Waals surface area contributed by atoms with E-state index in [4.69, 9.17) is 37.4 Å². The lowest BCUT2D eigenvalue weighted by Gasteiger charge is -2.32. The minimum atomic E-state index is -4.88. The first-order valence-electron chi connectivity index (χ1n) is 18.3. The van der Waals surface area contributed by atoms with Gasteiger partial charge in [0.15, 0.2) is 0 Å². The number of alkyl halides is 6. The lowest BCUT2D eigenvalue weighted by Crippen LogP contribution is -2.37. The molecule has 64 heavy (non-hydrogen) atoms. The Morgan fingerprint density at radius 2 is 1.17 bits per heavy atom. The Morgan fingerprint density at radius 1 is 0.688 bits per heavy atom. The van der Waals surface area contributed by atoms with Crippen LogP contribution >= 0.6 is 23.2 Å². The summed E-state index contributed by atoms with van der Waals surface area (Å²) >= 11 is 12.1. The molecule has 2 aliphatic rings. The maximum Gasteiger partial charge on any atom is 0.420 e. The number of anilines is 2. The average Bonchev–Trinajstić information content (AvgIpc) is 3.25. The molecule has 0 atom stereocenters. The molecule has 16 nitrogen and oxygen atoms in total. The number of halogens is 10. The summed E-state index contributed by atoms with van der Waals surface area (Å²) < 4.78 is 124. The van der Waals surface area contributed by atoms with E-state index in [1.165, 1.54) is 31.1 Å². The van der Waals surface area contributed by atoms with Crippen molar-refractivity contribution < 1.29 is 49.3 Å². The molecule has 0 radical (unpaired) electrons. The second-order valence-electron chi connectivity index (χ2n) is 13.7. The summed E-state index contributed by atoms with van der Waals surface area (Å²) in [4.78, 5) is 51.4. The van der Waals surface area contributed by atoms with Gasteiger partial charge in [0.1, 0.15) is 44.3 Å². The average molecular weight is 944 g/mol. The van der Waals surface area contributed by atoms with Gasteiger partial charge in [-0.1, -0.05) is 23.2 Å². The molecular formula is C38H28Cl2F8N10O6. The molecule has 0 spiro atoms. The summed E-state index contributed by atoms with van der Waals surface area (Å²) in [7, 11) is 2.75. The Kier molecular flexibility index (Phi) is 12.5. The van der Waals surface area contributed by atoms with Crippen molar-refractivity contribution in [2.24, 2.45) is 7.05 Å².